The highest BCUT2D eigenvalue weighted by atomic mass is 16.3. The average Bonchev–Trinajstić information content (AvgIpc) is 2.72. The zero-order chi connectivity index (χ0) is 18.4. The number of nitrogens with one attached hydrogen (secondary N) is 1. The van der Waals surface area contributed by atoms with Crippen molar-refractivity contribution in [1.82, 2.24) is 10.2 Å². The van der Waals surface area contributed by atoms with Crippen molar-refractivity contribution >= 4 is 6.03 Å². The zero-order valence-electron chi connectivity index (χ0n) is 14.7. The van der Waals surface area contributed by atoms with E-state index in [1.807, 2.05) is 48.5 Å². The van der Waals surface area contributed by atoms with E-state index in [1.165, 1.54) is 0 Å². The lowest BCUT2D eigenvalue weighted by molar-refractivity contribution is 0.129. The van der Waals surface area contributed by atoms with Crippen molar-refractivity contribution in [1.29, 1.82) is 5.26 Å². The molecule has 0 saturated carbocycles. The van der Waals surface area contributed by atoms with E-state index >= 15 is 0 Å². The second-order valence-electron chi connectivity index (χ2n) is 6.65. The number of amides is 2. The number of nitriles is 1. The second kappa shape index (κ2) is 8.50. The first-order chi connectivity index (χ1) is 12.7. The number of urea groups is 1. The number of likely N-dealkylation sites (tertiary alicyclic amines) is 1. The summed E-state index contributed by atoms with van der Waals surface area (Å²) in [4.78, 5) is 14.1. The molecule has 0 radical (unpaired) electrons. The molecule has 2 aromatic carbocycles. The fraction of sp³-hybridized carbons (Fsp3) is 0.333. The largest absolute Gasteiger partial charge is 0.396 e. The standard InChI is InChI=1S/C21H23N3O2/c22-12-19-5-1-2-6-20(19)18-9-7-16(8-10-18)13-23-21(26)24-11-3-4-17(14-24)15-25/h1-2,5-10,17,25H,3-4,11,13-15H2,(H,23,26)/t17-/m1/s1. The lowest BCUT2D eigenvalue weighted by Crippen LogP contribution is -2.45. The third-order valence-electron chi connectivity index (χ3n) is 4.82. The predicted octanol–water partition coefficient (Wildman–Crippen LogP) is 3.14. The molecule has 1 fully saturated rings. The minimum atomic E-state index is -0.0814. The molecule has 5 nitrogen and oxygen atoms in total. The Morgan fingerprint density at radius 3 is 2.73 bits per heavy atom. The van der Waals surface area contributed by atoms with Gasteiger partial charge in [0.15, 0.2) is 0 Å². The summed E-state index contributed by atoms with van der Waals surface area (Å²) >= 11 is 0. The van der Waals surface area contributed by atoms with Crippen LogP contribution in [0.1, 0.15) is 24.0 Å². The molecule has 1 aliphatic heterocycles. The van der Waals surface area contributed by atoms with E-state index < -0.39 is 0 Å². The van der Waals surface area contributed by atoms with Crippen LogP contribution in [0.3, 0.4) is 0 Å². The number of carbonyl (C=O) groups excluding carboxylic acids is 1. The van der Waals surface area contributed by atoms with Crippen LogP contribution >= 0.6 is 0 Å². The highest BCUT2D eigenvalue weighted by Crippen LogP contribution is 2.23. The maximum Gasteiger partial charge on any atom is 0.317 e. The first-order valence-electron chi connectivity index (χ1n) is 8.93. The smallest absolute Gasteiger partial charge is 0.317 e. The molecule has 1 atom stereocenters. The highest BCUT2D eigenvalue weighted by Gasteiger charge is 2.22. The molecule has 3 rings (SSSR count). The molecule has 26 heavy (non-hydrogen) atoms. The molecule has 2 amide bonds. The van der Waals surface area contributed by atoms with E-state index in [9.17, 15) is 15.2 Å². The number of nitrogens with zero attached hydrogens (tertiary/aromatic N) is 2. The quantitative estimate of drug-likeness (QED) is 0.890. The van der Waals surface area contributed by atoms with E-state index in [-0.39, 0.29) is 18.6 Å². The van der Waals surface area contributed by atoms with Crippen molar-refractivity contribution in [3.8, 4) is 17.2 Å². The summed E-state index contributed by atoms with van der Waals surface area (Å²) in [6, 6.07) is 17.5. The van der Waals surface area contributed by atoms with E-state index in [1.54, 1.807) is 4.90 Å². The summed E-state index contributed by atoms with van der Waals surface area (Å²) < 4.78 is 0. The molecule has 5 heteroatoms. The molecule has 0 bridgehead atoms. The maximum absolute atomic E-state index is 12.3. The van der Waals surface area contributed by atoms with Gasteiger partial charge >= 0.3 is 6.03 Å². The number of aliphatic hydroxyl groups is 1. The van der Waals surface area contributed by atoms with Gasteiger partial charge in [0.05, 0.1) is 11.6 Å². The Morgan fingerprint density at radius 1 is 1.23 bits per heavy atom. The van der Waals surface area contributed by atoms with Crippen molar-refractivity contribution in [2.45, 2.75) is 19.4 Å². The zero-order valence-corrected chi connectivity index (χ0v) is 14.7. The Bertz CT molecular complexity index is 796. The van der Waals surface area contributed by atoms with Gasteiger partial charge < -0.3 is 15.3 Å². The van der Waals surface area contributed by atoms with Crippen molar-refractivity contribution in [2.75, 3.05) is 19.7 Å². The van der Waals surface area contributed by atoms with Crippen LogP contribution in [0.2, 0.25) is 0 Å². The fourth-order valence-corrected chi connectivity index (χ4v) is 3.32. The molecular formula is C21H23N3O2. The molecule has 1 heterocycles. The monoisotopic (exact) mass is 349 g/mol. The van der Waals surface area contributed by atoms with Gasteiger partial charge in [-0.25, -0.2) is 4.79 Å². The van der Waals surface area contributed by atoms with Gasteiger partial charge in [-0.05, 0) is 41.5 Å². The number of hydrogen-bond acceptors (Lipinski definition) is 3. The Kier molecular flexibility index (Phi) is 5.88. The number of rotatable bonds is 4. The molecule has 134 valence electrons. The average molecular weight is 349 g/mol. The second-order valence-corrected chi connectivity index (χ2v) is 6.65. The number of aliphatic hydroxyl groups excluding tert-OH is 1. The van der Waals surface area contributed by atoms with Gasteiger partial charge in [0.1, 0.15) is 0 Å². The van der Waals surface area contributed by atoms with Crippen LogP contribution in [-0.2, 0) is 6.54 Å². The molecule has 0 aliphatic carbocycles. The first-order valence-corrected chi connectivity index (χ1v) is 8.93. The molecule has 0 unspecified atom stereocenters. The van der Waals surface area contributed by atoms with Crippen LogP contribution in [0.4, 0.5) is 4.79 Å². The molecule has 1 aliphatic rings. The van der Waals surface area contributed by atoms with Crippen molar-refractivity contribution in [3.63, 3.8) is 0 Å². The van der Waals surface area contributed by atoms with Gasteiger partial charge in [-0.3, -0.25) is 0 Å². The van der Waals surface area contributed by atoms with Crippen molar-refractivity contribution < 1.29 is 9.90 Å². The van der Waals surface area contributed by atoms with Gasteiger partial charge in [-0.1, -0.05) is 42.5 Å². The Labute approximate surface area is 153 Å². The SMILES string of the molecule is N#Cc1ccccc1-c1ccc(CNC(=O)N2CCC[C@@H](CO)C2)cc1. The number of carbonyl (C=O) groups is 1. The molecule has 2 aromatic rings. The Morgan fingerprint density at radius 2 is 2.00 bits per heavy atom. The molecule has 1 saturated heterocycles. The van der Waals surface area contributed by atoms with Crippen molar-refractivity contribution in [3.05, 3.63) is 59.7 Å². The third-order valence-corrected chi connectivity index (χ3v) is 4.82. The first kappa shape index (κ1) is 18.0. The summed E-state index contributed by atoms with van der Waals surface area (Å²) in [5.74, 6) is 0.189. The molecule has 0 aromatic heterocycles. The fourth-order valence-electron chi connectivity index (χ4n) is 3.32. The van der Waals surface area contributed by atoms with E-state index in [0.717, 1.165) is 36.1 Å². The summed E-state index contributed by atoms with van der Waals surface area (Å²) in [7, 11) is 0. The molecule has 0 spiro atoms. The van der Waals surface area contributed by atoms with Crippen LogP contribution in [0, 0.1) is 17.2 Å². The number of benzene rings is 2. The number of hydrogen-bond donors (Lipinski definition) is 2. The van der Waals surface area contributed by atoms with Gasteiger partial charge in [-0.2, -0.15) is 5.26 Å². The lowest BCUT2D eigenvalue weighted by atomic mass is 9.99. The van der Waals surface area contributed by atoms with Crippen LogP contribution in [-0.4, -0.2) is 35.7 Å². The maximum atomic E-state index is 12.3. The van der Waals surface area contributed by atoms with Gasteiger partial charge in [0.2, 0.25) is 0 Å². The van der Waals surface area contributed by atoms with E-state index in [2.05, 4.69) is 11.4 Å². The van der Waals surface area contributed by atoms with Gasteiger partial charge in [0.25, 0.3) is 0 Å². The van der Waals surface area contributed by atoms with E-state index in [0.29, 0.717) is 18.7 Å². The normalized spacial score (nSPS) is 16.8. The van der Waals surface area contributed by atoms with Crippen LogP contribution in [0.15, 0.2) is 48.5 Å². The lowest BCUT2D eigenvalue weighted by Gasteiger charge is -2.31. The number of piperidine rings is 1. The summed E-state index contributed by atoms with van der Waals surface area (Å²) in [5, 5.41) is 21.4. The summed E-state index contributed by atoms with van der Waals surface area (Å²) in [6.07, 6.45) is 1.91. The summed E-state index contributed by atoms with van der Waals surface area (Å²) in [6.45, 7) is 1.95. The van der Waals surface area contributed by atoms with E-state index in [4.69, 9.17) is 0 Å². The van der Waals surface area contributed by atoms with Crippen LogP contribution < -0.4 is 5.32 Å². The third kappa shape index (κ3) is 4.22. The van der Waals surface area contributed by atoms with Crippen LogP contribution in [0.5, 0.6) is 0 Å². The molecular weight excluding hydrogens is 326 g/mol. The van der Waals surface area contributed by atoms with Gasteiger partial charge in [-0.15, -0.1) is 0 Å². The Balaban J connectivity index is 1.59. The summed E-state index contributed by atoms with van der Waals surface area (Å²) in [5.41, 5.74) is 3.55. The minimum Gasteiger partial charge on any atom is -0.396 e. The topological polar surface area (TPSA) is 76.4 Å². The Hall–Kier alpha value is -2.84. The highest BCUT2D eigenvalue weighted by molar-refractivity contribution is 5.74. The van der Waals surface area contributed by atoms with Crippen LogP contribution in [0.25, 0.3) is 11.1 Å². The van der Waals surface area contributed by atoms with Crippen molar-refractivity contribution in [2.24, 2.45) is 5.92 Å². The van der Waals surface area contributed by atoms with Gasteiger partial charge in [0, 0.05) is 26.2 Å². The minimum absolute atomic E-state index is 0.0814. The predicted molar refractivity (Wildman–Crippen MR) is 100 cm³/mol. The molecule has 2 N–H and O–H groups in total.